The van der Waals surface area contributed by atoms with Crippen LogP contribution in [0.2, 0.25) is 0 Å². The second-order valence-electron chi connectivity index (χ2n) is 14.2. The Balaban J connectivity index is 0.000000644. The first-order valence-corrected chi connectivity index (χ1v) is 17.3. The van der Waals surface area contributed by atoms with Crippen LogP contribution in [0.25, 0.3) is 0 Å². The minimum absolute atomic E-state index is 0.0558. The summed E-state index contributed by atoms with van der Waals surface area (Å²) in [4.78, 5) is 50.7. The molecule has 10 nitrogen and oxygen atoms in total. The fourth-order valence-electron chi connectivity index (χ4n) is 7.97. The molecule has 3 saturated heterocycles. The monoisotopic (exact) mass is 667 g/mol. The van der Waals surface area contributed by atoms with Gasteiger partial charge in [-0.1, -0.05) is 39.0 Å². The number of carboxylic acid groups (broad SMARTS) is 1. The number of amides is 2. The molecule has 0 bridgehead atoms. The summed E-state index contributed by atoms with van der Waals surface area (Å²) < 4.78 is 38.2. The summed E-state index contributed by atoms with van der Waals surface area (Å²) >= 11 is 0. The second kappa shape index (κ2) is 15.5. The third kappa shape index (κ3) is 8.94. The minimum atomic E-state index is -5.08. The molecule has 47 heavy (non-hydrogen) atoms. The highest BCUT2D eigenvalue weighted by Crippen LogP contribution is 2.44. The molecule has 0 radical (unpaired) electrons. The first kappa shape index (κ1) is 36.9. The zero-order chi connectivity index (χ0) is 34.4. The van der Waals surface area contributed by atoms with Gasteiger partial charge in [0.15, 0.2) is 0 Å². The highest BCUT2D eigenvalue weighted by Gasteiger charge is 2.51. The van der Waals surface area contributed by atoms with E-state index in [1.54, 1.807) is 0 Å². The van der Waals surface area contributed by atoms with E-state index in [1.165, 1.54) is 51.3 Å². The molecule has 1 N–H and O–H groups in total. The molecular formula is C34H52F3N5O5. The van der Waals surface area contributed by atoms with Crippen molar-refractivity contribution >= 4 is 18.0 Å². The summed E-state index contributed by atoms with van der Waals surface area (Å²) in [6.07, 6.45) is 10.1. The van der Waals surface area contributed by atoms with Crippen molar-refractivity contribution in [3.63, 3.8) is 0 Å². The van der Waals surface area contributed by atoms with E-state index >= 15 is 0 Å². The number of halogens is 3. The molecule has 1 spiro atoms. The summed E-state index contributed by atoms with van der Waals surface area (Å²) in [5, 5.41) is 7.12. The van der Waals surface area contributed by atoms with E-state index in [1.807, 2.05) is 18.7 Å². The summed E-state index contributed by atoms with van der Waals surface area (Å²) in [6.45, 7) is 13.5. The zero-order valence-corrected chi connectivity index (χ0v) is 28.4. The molecule has 1 atom stereocenters. The van der Waals surface area contributed by atoms with Gasteiger partial charge in [-0.2, -0.15) is 13.2 Å². The Morgan fingerprint density at radius 3 is 2.11 bits per heavy atom. The topological polar surface area (TPSA) is 116 Å². The number of nitrogens with zero attached hydrogens (tertiary/aromatic N) is 5. The zero-order valence-electron chi connectivity index (χ0n) is 28.4. The highest BCUT2D eigenvalue weighted by atomic mass is 19.4. The number of ether oxygens (including phenoxy) is 1. The van der Waals surface area contributed by atoms with Crippen molar-refractivity contribution in [1.29, 1.82) is 0 Å². The van der Waals surface area contributed by atoms with Gasteiger partial charge >= 0.3 is 18.2 Å². The standard InChI is InChI=1S/C32H51N5O3.C2HF3O2/c1-5-6-12-27-22-36(21-26-10-8-7-9-11-26)30(39)40-32(27)15-19-37(20-16-32)31(4)13-17-35(18-14-31)29(38)28-24(2)33-23-34-25(28)3;3-2(4,5)1(6)7/h23,26-27H,5-22H2,1-4H3;(H,6,7). The third-order valence-corrected chi connectivity index (χ3v) is 11.0. The lowest BCUT2D eigenvalue weighted by Gasteiger charge is -2.55. The van der Waals surface area contributed by atoms with Crippen molar-refractivity contribution in [2.75, 3.05) is 39.3 Å². The number of aromatic nitrogens is 2. The van der Waals surface area contributed by atoms with E-state index in [0.29, 0.717) is 17.4 Å². The van der Waals surface area contributed by atoms with Gasteiger partial charge in [0.2, 0.25) is 0 Å². The number of hydrogen-bond acceptors (Lipinski definition) is 7. The Morgan fingerprint density at radius 2 is 1.57 bits per heavy atom. The number of aliphatic carboxylic acids is 1. The van der Waals surface area contributed by atoms with Crippen molar-refractivity contribution in [3.05, 3.63) is 23.3 Å². The molecule has 1 saturated carbocycles. The minimum Gasteiger partial charge on any atom is -0.475 e. The number of aryl methyl sites for hydroxylation is 2. The Bertz CT molecular complexity index is 1220. The Hall–Kier alpha value is -2.96. The van der Waals surface area contributed by atoms with Crippen molar-refractivity contribution in [1.82, 2.24) is 24.7 Å². The SMILES string of the molecule is CCCCC1CN(CC2CCCCC2)C(=O)OC12CCN(C1(C)CCN(C(=O)c3c(C)ncnc3C)CC1)CC2.O=C(O)C(F)(F)F. The van der Waals surface area contributed by atoms with Crippen LogP contribution in [0, 0.1) is 25.7 Å². The fraction of sp³-hybridized carbons (Fsp3) is 0.794. The Morgan fingerprint density at radius 1 is 1.00 bits per heavy atom. The maximum Gasteiger partial charge on any atom is 0.490 e. The van der Waals surface area contributed by atoms with Crippen molar-refractivity contribution in [2.24, 2.45) is 11.8 Å². The number of carbonyl (C=O) groups is 3. The van der Waals surface area contributed by atoms with Crippen LogP contribution in [0.5, 0.6) is 0 Å². The van der Waals surface area contributed by atoms with E-state index < -0.39 is 12.1 Å². The molecule has 4 fully saturated rings. The number of carboxylic acids is 1. The second-order valence-corrected chi connectivity index (χ2v) is 14.2. The molecule has 1 aromatic heterocycles. The maximum absolute atomic E-state index is 13.3. The molecule has 4 heterocycles. The lowest BCUT2D eigenvalue weighted by Crippen LogP contribution is -2.63. The molecule has 1 aliphatic carbocycles. The van der Waals surface area contributed by atoms with E-state index in [0.717, 1.165) is 82.8 Å². The van der Waals surface area contributed by atoms with E-state index in [9.17, 15) is 22.8 Å². The number of carbonyl (C=O) groups excluding carboxylic acids is 2. The third-order valence-electron chi connectivity index (χ3n) is 11.0. The van der Waals surface area contributed by atoms with Crippen LogP contribution < -0.4 is 0 Å². The van der Waals surface area contributed by atoms with Gasteiger partial charge < -0.3 is 19.6 Å². The highest BCUT2D eigenvalue weighted by molar-refractivity contribution is 5.96. The van der Waals surface area contributed by atoms with Crippen LogP contribution in [0.4, 0.5) is 18.0 Å². The molecule has 1 aromatic rings. The first-order chi connectivity index (χ1) is 22.2. The molecule has 5 rings (SSSR count). The average molecular weight is 668 g/mol. The number of piperidine rings is 2. The van der Waals surface area contributed by atoms with E-state index in [-0.39, 0.29) is 23.1 Å². The van der Waals surface area contributed by atoms with Crippen LogP contribution >= 0.6 is 0 Å². The van der Waals surface area contributed by atoms with Gasteiger partial charge in [0.25, 0.3) is 5.91 Å². The molecule has 13 heteroatoms. The molecule has 264 valence electrons. The van der Waals surface area contributed by atoms with Gasteiger partial charge in [0, 0.05) is 63.6 Å². The van der Waals surface area contributed by atoms with Gasteiger partial charge in [0.05, 0.1) is 17.0 Å². The smallest absolute Gasteiger partial charge is 0.475 e. The van der Waals surface area contributed by atoms with Crippen molar-refractivity contribution < 1.29 is 37.4 Å². The summed E-state index contributed by atoms with van der Waals surface area (Å²) in [6, 6.07) is 0. The summed E-state index contributed by atoms with van der Waals surface area (Å²) in [5.74, 6) is -1.64. The van der Waals surface area contributed by atoms with Gasteiger partial charge in [0.1, 0.15) is 11.9 Å². The number of alkyl halides is 3. The van der Waals surface area contributed by atoms with Crippen molar-refractivity contribution in [3.8, 4) is 0 Å². The fourth-order valence-corrected chi connectivity index (χ4v) is 7.97. The summed E-state index contributed by atoms with van der Waals surface area (Å²) in [5.41, 5.74) is 1.90. The Kier molecular flexibility index (Phi) is 12.2. The number of hydrogen-bond donors (Lipinski definition) is 1. The predicted octanol–water partition coefficient (Wildman–Crippen LogP) is 6.39. The van der Waals surface area contributed by atoms with Crippen LogP contribution in [-0.4, -0.2) is 104 Å². The Labute approximate surface area is 276 Å². The largest absolute Gasteiger partial charge is 0.490 e. The molecule has 3 aliphatic heterocycles. The molecule has 2 amide bonds. The van der Waals surface area contributed by atoms with Crippen LogP contribution in [0.1, 0.15) is 113 Å². The molecule has 4 aliphatic rings. The number of likely N-dealkylation sites (tertiary alicyclic amines) is 2. The maximum atomic E-state index is 13.3. The molecule has 1 unspecified atom stereocenters. The summed E-state index contributed by atoms with van der Waals surface area (Å²) in [7, 11) is 0. The van der Waals surface area contributed by atoms with Crippen molar-refractivity contribution in [2.45, 2.75) is 122 Å². The molecular weight excluding hydrogens is 615 g/mol. The van der Waals surface area contributed by atoms with E-state index in [2.05, 4.69) is 33.6 Å². The number of unbranched alkanes of at least 4 members (excludes halogenated alkanes) is 1. The van der Waals surface area contributed by atoms with E-state index in [4.69, 9.17) is 14.6 Å². The lowest BCUT2D eigenvalue weighted by atomic mass is 9.74. The quantitative estimate of drug-likeness (QED) is 0.356. The van der Waals surface area contributed by atoms with Gasteiger partial charge in [-0.25, -0.2) is 19.6 Å². The van der Waals surface area contributed by atoms with Crippen LogP contribution in [0.3, 0.4) is 0 Å². The predicted molar refractivity (Wildman–Crippen MR) is 170 cm³/mol. The van der Waals surface area contributed by atoms with Crippen LogP contribution in [0.15, 0.2) is 6.33 Å². The number of rotatable bonds is 7. The van der Waals surface area contributed by atoms with Gasteiger partial charge in [-0.3, -0.25) is 9.69 Å². The van der Waals surface area contributed by atoms with Crippen LogP contribution in [-0.2, 0) is 9.53 Å². The molecule has 0 aromatic carbocycles. The lowest BCUT2D eigenvalue weighted by molar-refractivity contribution is -0.192. The van der Waals surface area contributed by atoms with Gasteiger partial charge in [-0.05, 0) is 58.8 Å². The average Bonchev–Trinajstić information content (AvgIpc) is 3.02. The first-order valence-electron chi connectivity index (χ1n) is 17.3. The van der Waals surface area contributed by atoms with Gasteiger partial charge in [-0.15, -0.1) is 0 Å². The normalized spacial score (nSPS) is 23.6.